The van der Waals surface area contributed by atoms with Crippen molar-refractivity contribution in [3.8, 4) is 0 Å². The number of hydrogen-bond donors (Lipinski definition) is 0. The van der Waals surface area contributed by atoms with E-state index in [1.165, 1.54) is 17.0 Å². The molecule has 1 aliphatic rings. The summed E-state index contributed by atoms with van der Waals surface area (Å²) in [7, 11) is 0. The molecular formula is C15H22N+. The third-order valence-corrected chi connectivity index (χ3v) is 3.73. The molecule has 1 aromatic rings. The van der Waals surface area contributed by atoms with Crippen LogP contribution in [0.1, 0.15) is 40.2 Å². The van der Waals surface area contributed by atoms with Crippen LogP contribution < -0.4 is 0 Å². The highest BCUT2D eigenvalue weighted by Crippen LogP contribution is 2.39. The summed E-state index contributed by atoms with van der Waals surface area (Å²) in [5, 5.41) is 0. The third-order valence-electron chi connectivity index (χ3n) is 3.73. The molecule has 0 fully saturated rings. The molecule has 1 heteroatoms. The van der Waals surface area contributed by atoms with Crippen molar-refractivity contribution in [1.29, 1.82) is 0 Å². The first-order valence-corrected chi connectivity index (χ1v) is 6.15. The zero-order valence-electron chi connectivity index (χ0n) is 11.0. The summed E-state index contributed by atoms with van der Waals surface area (Å²) in [6.45, 7) is 12.6. The highest BCUT2D eigenvalue weighted by molar-refractivity contribution is 5.93. The lowest BCUT2D eigenvalue weighted by Crippen LogP contribution is -2.27. The Morgan fingerprint density at radius 1 is 1.19 bits per heavy atom. The molecule has 0 amide bonds. The minimum atomic E-state index is 0.186. The quantitative estimate of drug-likeness (QED) is 0.663. The zero-order valence-corrected chi connectivity index (χ0v) is 11.0. The normalized spacial score (nSPS) is 18.1. The second-order valence-corrected chi connectivity index (χ2v) is 5.73. The largest absolute Gasteiger partial charge is 0.209 e. The van der Waals surface area contributed by atoms with Crippen LogP contribution in [-0.4, -0.2) is 16.8 Å². The standard InChI is InChI=1S/C15H22N/c1-11(2)10-16-12(3)15(4,5)13-8-6-7-9-14(13)16/h6-9,11H,10H2,1-5H3/q+1. The summed E-state index contributed by atoms with van der Waals surface area (Å²) in [5.74, 6) is 0.692. The van der Waals surface area contributed by atoms with Crippen molar-refractivity contribution in [3.63, 3.8) is 0 Å². The van der Waals surface area contributed by atoms with Gasteiger partial charge in [0.15, 0.2) is 12.3 Å². The molecule has 1 nitrogen and oxygen atoms in total. The van der Waals surface area contributed by atoms with Crippen molar-refractivity contribution in [2.45, 2.75) is 40.0 Å². The molecule has 0 aliphatic carbocycles. The molecule has 0 unspecified atom stereocenters. The summed E-state index contributed by atoms with van der Waals surface area (Å²) < 4.78 is 2.49. The molecule has 0 saturated heterocycles. The van der Waals surface area contributed by atoms with Crippen LogP contribution in [0.4, 0.5) is 5.69 Å². The topological polar surface area (TPSA) is 3.01 Å². The number of hydrogen-bond acceptors (Lipinski definition) is 0. The van der Waals surface area contributed by atoms with Crippen molar-refractivity contribution in [3.05, 3.63) is 29.8 Å². The lowest BCUT2D eigenvalue weighted by Gasteiger charge is -2.14. The Labute approximate surface area is 98.8 Å². The number of rotatable bonds is 2. The van der Waals surface area contributed by atoms with E-state index in [1.807, 2.05) is 0 Å². The minimum Gasteiger partial charge on any atom is -0.199 e. The Balaban J connectivity index is 2.55. The number of benzene rings is 1. The second kappa shape index (κ2) is 3.73. The summed E-state index contributed by atoms with van der Waals surface area (Å²) >= 11 is 0. The summed E-state index contributed by atoms with van der Waals surface area (Å²) in [6.07, 6.45) is 0. The van der Waals surface area contributed by atoms with E-state index < -0.39 is 0 Å². The molecule has 1 aliphatic heterocycles. The summed E-state index contributed by atoms with van der Waals surface area (Å²) in [5.41, 5.74) is 4.53. The Bertz CT molecular complexity index is 439. The lowest BCUT2D eigenvalue weighted by atomic mass is 9.82. The molecule has 1 heterocycles. The maximum absolute atomic E-state index is 2.49. The van der Waals surface area contributed by atoms with Gasteiger partial charge in [-0.15, -0.1) is 0 Å². The van der Waals surface area contributed by atoms with Gasteiger partial charge in [-0.05, 0) is 13.8 Å². The SMILES string of the molecule is CC1=[N+](CC(C)C)c2ccccc2C1(C)C. The Hall–Kier alpha value is -1.11. The Morgan fingerprint density at radius 3 is 2.44 bits per heavy atom. The molecule has 0 spiro atoms. The first-order chi connectivity index (χ1) is 7.44. The van der Waals surface area contributed by atoms with Gasteiger partial charge in [0.1, 0.15) is 0 Å². The third kappa shape index (κ3) is 1.59. The average molecular weight is 216 g/mol. The van der Waals surface area contributed by atoms with Crippen LogP contribution in [0.2, 0.25) is 0 Å². The minimum absolute atomic E-state index is 0.186. The van der Waals surface area contributed by atoms with Crippen molar-refractivity contribution >= 4 is 11.4 Å². The highest BCUT2D eigenvalue weighted by Gasteiger charge is 2.42. The number of para-hydroxylation sites is 1. The van der Waals surface area contributed by atoms with Crippen molar-refractivity contribution in [2.24, 2.45) is 5.92 Å². The van der Waals surface area contributed by atoms with Crippen molar-refractivity contribution in [1.82, 2.24) is 0 Å². The fraction of sp³-hybridized carbons (Fsp3) is 0.533. The monoisotopic (exact) mass is 216 g/mol. The van der Waals surface area contributed by atoms with Gasteiger partial charge >= 0.3 is 0 Å². The number of nitrogens with zero attached hydrogens (tertiary/aromatic N) is 1. The Kier molecular flexibility index (Phi) is 2.65. The van der Waals surface area contributed by atoms with Crippen LogP contribution in [0, 0.1) is 5.92 Å². The van der Waals surface area contributed by atoms with Crippen LogP contribution in [0.25, 0.3) is 0 Å². The molecule has 86 valence electrons. The van der Waals surface area contributed by atoms with Gasteiger partial charge in [0, 0.05) is 24.5 Å². The smallest absolute Gasteiger partial charge is 0.199 e. The van der Waals surface area contributed by atoms with E-state index in [0.717, 1.165) is 6.54 Å². The molecule has 0 aromatic heterocycles. The molecule has 0 saturated carbocycles. The van der Waals surface area contributed by atoms with Gasteiger partial charge in [0.25, 0.3) is 0 Å². The molecule has 16 heavy (non-hydrogen) atoms. The van der Waals surface area contributed by atoms with Gasteiger partial charge in [-0.25, -0.2) is 0 Å². The summed E-state index contributed by atoms with van der Waals surface area (Å²) in [4.78, 5) is 0. The number of fused-ring (bicyclic) bond motifs is 1. The van der Waals surface area contributed by atoms with Crippen molar-refractivity contribution in [2.75, 3.05) is 6.54 Å². The van der Waals surface area contributed by atoms with Crippen LogP contribution >= 0.6 is 0 Å². The van der Waals surface area contributed by atoms with Crippen molar-refractivity contribution < 1.29 is 4.58 Å². The lowest BCUT2D eigenvalue weighted by molar-refractivity contribution is -0.446. The van der Waals surface area contributed by atoms with E-state index in [9.17, 15) is 0 Å². The second-order valence-electron chi connectivity index (χ2n) is 5.73. The van der Waals surface area contributed by atoms with E-state index in [1.54, 1.807) is 0 Å². The van der Waals surface area contributed by atoms with Crippen LogP contribution in [0.3, 0.4) is 0 Å². The van der Waals surface area contributed by atoms with Gasteiger partial charge < -0.3 is 0 Å². The van der Waals surface area contributed by atoms with E-state index in [0.29, 0.717) is 5.92 Å². The van der Waals surface area contributed by atoms with Crippen LogP contribution in [0.15, 0.2) is 24.3 Å². The zero-order chi connectivity index (χ0) is 11.9. The maximum atomic E-state index is 2.49. The van der Waals surface area contributed by atoms with E-state index in [4.69, 9.17) is 0 Å². The molecule has 1 aromatic carbocycles. The molecule has 0 atom stereocenters. The fourth-order valence-corrected chi connectivity index (χ4v) is 2.55. The molecule has 0 radical (unpaired) electrons. The predicted molar refractivity (Wildman–Crippen MR) is 69.8 cm³/mol. The van der Waals surface area contributed by atoms with Gasteiger partial charge in [0.2, 0.25) is 5.69 Å². The first kappa shape index (κ1) is 11.4. The molecule has 0 bridgehead atoms. The van der Waals surface area contributed by atoms with Crippen LogP contribution in [-0.2, 0) is 5.41 Å². The fourth-order valence-electron chi connectivity index (χ4n) is 2.55. The maximum Gasteiger partial charge on any atom is 0.209 e. The van der Waals surface area contributed by atoms with Gasteiger partial charge in [-0.3, -0.25) is 0 Å². The van der Waals surface area contributed by atoms with E-state index >= 15 is 0 Å². The summed E-state index contributed by atoms with van der Waals surface area (Å²) in [6, 6.07) is 8.79. The van der Waals surface area contributed by atoms with Gasteiger partial charge in [-0.2, -0.15) is 4.58 Å². The molecule has 2 rings (SSSR count). The van der Waals surface area contributed by atoms with Crippen LogP contribution in [0.5, 0.6) is 0 Å². The molecule has 0 N–H and O–H groups in total. The Morgan fingerprint density at radius 2 is 1.81 bits per heavy atom. The first-order valence-electron chi connectivity index (χ1n) is 6.15. The molecular weight excluding hydrogens is 194 g/mol. The average Bonchev–Trinajstić information content (AvgIpc) is 2.41. The van der Waals surface area contributed by atoms with E-state index in [2.05, 4.69) is 63.5 Å². The van der Waals surface area contributed by atoms with Gasteiger partial charge in [-0.1, -0.05) is 32.0 Å². The highest BCUT2D eigenvalue weighted by atomic mass is 15.1. The van der Waals surface area contributed by atoms with E-state index in [-0.39, 0.29) is 5.41 Å². The predicted octanol–water partition coefficient (Wildman–Crippen LogP) is 3.74. The van der Waals surface area contributed by atoms with Gasteiger partial charge in [0.05, 0.1) is 5.41 Å².